The highest BCUT2D eigenvalue weighted by Gasteiger charge is 2.45. The minimum atomic E-state index is -0.928. The molecule has 1 saturated carbocycles. The quantitative estimate of drug-likeness (QED) is 0.640. The van der Waals surface area contributed by atoms with Crippen molar-refractivity contribution in [3.63, 3.8) is 0 Å². The number of rotatable bonds is 5. The molecule has 5 nitrogen and oxygen atoms in total. The molecule has 1 heterocycles. The molecular weight excluding hydrogens is 380 g/mol. The Kier molecular flexibility index (Phi) is 6.84. The molecule has 3 N–H and O–H groups in total. The Morgan fingerprint density at radius 1 is 1.03 bits per heavy atom. The summed E-state index contributed by atoms with van der Waals surface area (Å²) >= 11 is 0. The molecule has 0 bridgehead atoms. The van der Waals surface area contributed by atoms with Crippen LogP contribution in [0.5, 0.6) is 5.75 Å². The maximum absolute atomic E-state index is 13.2. The second-order valence-electron chi connectivity index (χ2n) is 8.90. The molecule has 4 unspecified atom stereocenters. The van der Waals surface area contributed by atoms with Crippen LogP contribution in [-0.2, 0) is 22.4 Å². The van der Waals surface area contributed by atoms with Crippen LogP contribution < -0.4 is 0 Å². The van der Waals surface area contributed by atoms with Gasteiger partial charge in [-0.05, 0) is 69.4 Å². The summed E-state index contributed by atoms with van der Waals surface area (Å²) in [7, 11) is 0. The van der Waals surface area contributed by atoms with E-state index in [1.165, 1.54) is 6.26 Å². The summed E-state index contributed by atoms with van der Waals surface area (Å²) < 4.78 is 5.78. The van der Waals surface area contributed by atoms with E-state index < -0.39 is 24.2 Å². The first-order valence-corrected chi connectivity index (χ1v) is 10.5. The van der Waals surface area contributed by atoms with E-state index in [-0.39, 0.29) is 18.0 Å². The van der Waals surface area contributed by atoms with Crippen LogP contribution in [-0.4, -0.2) is 39.4 Å². The first-order valence-electron chi connectivity index (χ1n) is 10.5. The van der Waals surface area contributed by atoms with Crippen molar-refractivity contribution in [1.82, 2.24) is 0 Å². The fourth-order valence-electron chi connectivity index (χ4n) is 4.13. The molecule has 0 amide bonds. The second-order valence-corrected chi connectivity index (χ2v) is 8.90. The summed E-state index contributed by atoms with van der Waals surface area (Å²) in [5.41, 5.74) is 4.89. The first kappa shape index (κ1) is 22.3. The molecule has 1 aromatic carbocycles. The summed E-state index contributed by atoms with van der Waals surface area (Å²) in [4.78, 5) is 13.2. The Balaban J connectivity index is 2.02. The van der Waals surface area contributed by atoms with Gasteiger partial charge in [0, 0.05) is 12.8 Å². The fourth-order valence-corrected chi connectivity index (χ4v) is 4.13. The maximum atomic E-state index is 13.2. The van der Waals surface area contributed by atoms with E-state index in [0.29, 0.717) is 30.4 Å². The average molecular weight is 413 g/mol. The largest absolute Gasteiger partial charge is 0.507 e. The topological polar surface area (TPSA) is 87.0 Å². The van der Waals surface area contributed by atoms with Crippen molar-refractivity contribution in [2.45, 2.75) is 71.7 Å². The Bertz CT molecular complexity index is 859. The molecule has 0 aromatic heterocycles. The van der Waals surface area contributed by atoms with Crippen LogP contribution in [0.4, 0.5) is 0 Å². The Labute approximate surface area is 178 Å². The van der Waals surface area contributed by atoms with Crippen molar-refractivity contribution in [3.8, 4) is 5.75 Å². The number of allylic oxidation sites excluding steroid dienone is 5. The molecule has 5 heteroatoms. The molecule has 2 aliphatic rings. The number of fused-ring (bicyclic) bond motifs is 1. The zero-order chi connectivity index (χ0) is 22.0. The van der Waals surface area contributed by atoms with Gasteiger partial charge in [-0.25, -0.2) is 0 Å². The highest BCUT2D eigenvalue weighted by atomic mass is 16.5. The molecule has 1 aromatic rings. The van der Waals surface area contributed by atoms with Crippen LogP contribution in [0.1, 0.15) is 57.2 Å². The van der Waals surface area contributed by atoms with Gasteiger partial charge in [0.05, 0.1) is 30.0 Å². The summed E-state index contributed by atoms with van der Waals surface area (Å²) in [6, 6.07) is 3.66. The predicted octanol–water partition coefficient (Wildman–Crippen LogP) is 3.85. The number of phenols is 1. The van der Waals surface area contributed by atoms with Crippen LogP contribution in [0.25, 0.3) is 5.57 Å². The van der Waals surface area contributed by atoms with Crippen molar-refractivity contribution in [2.24, 2.45) is 5.92 Å². The summed E-state index contributed by atoms with van der Waals surface area (Å²) in [6.07, 6.45) is 5.08. The SMILES string of the molecule is CC(C)=CCc1cc(C2=COC3CC(O)CC(O)C3C2=O)cc(CC=C(C)C)c1O. The number of carbonyl (C=O) groups is 1. The number of carbonyl (C=O) groups excluding carboxylic acids is 1. The van der Waals surface area contributed by atoms with Gasteiger partial charge in [0.15, 0.2) is 5.78 Å². The van der Waals surface area contributed by atoms with Crippen molar-refractivity contribution in [1.29, 1.82) is 0 Å². The normalized spacial score (nSPS) is 25.7. The molecular formula is C25H32O5. The van der Waals surface area contributed by atoms with Gasteiger partial charge in [-0.1, -0.05) is 23.3 Å². The molecule has 0 spiro atoms. The zero-order valence-corrected chi connectivity index (χ0v) is 18.2. The zero-order valence-electron chi connectivity index (χ0n) is 18.2. The van der Waals surface area contributed by atoms with E-state index in [4.69, 9.17) is 4.74 Å². The van der Waals surface area contributed by atoms with Crippen LogP contribution in [0.15, 0.2) is 41.7 Å². The van der Waals surface area contributed by atoms with Gasteiger partial charge >= 0.3 is 0 Å². The van der Waals surface area contributed by atoms with E-state index in [2.05, 4.69) is 0 Å². The van der Waals surface area contributed by atoms with Gasteiger partial charge in [-0.2, -0.15) is 0 Å². The monoisotopic (exact) mass is 412 g/mol. The number of Topliss-reactive ketones (excluding diaryl/α,β-unsaturated/α-hetero) is 1. The maximum Gasteiger partial charge on any atom is 0.175 e. The Hall–Kier alpha value is -2.37. The molecule has 1 aliphatic carbocycles. The van der Waals surface area contributed by atoms with Crippen molar-refractivity contribution in [3.05, 3.63) is 58.4 Å². The lowest BCUT2D eigenvalue weighted by Gasteiger charge is -2.39. The lowest BCUT2D eigenvalue weighted by atomic mass is 9.75. The smallest absolute Gasteiger partial charge is 0.175 e. The summed E-state index contributed by atoms with van der Waals surface area (Å²) in [6.45, 7) is 8.02. The Morgan fingerprint density at radius 3 is 2.13 bits per heavy atom. The van der Waals surface area contributed by atoms with Crippen molar-refractivity contribution >= 4 is 11.4 Å². The van der Waals surface area contributed by atoms with Gasteiger partial charge in [-0.3, -0.25) is 4.79 Å². The number of phenolic OH excluding ortho intramolecular Hbond substituents is 1. The number of hydrogen-bond acceptors (Lipinski definition) is 5. The highest BCUT2D eigenvalue weighted by molar-refractivity contribution is 6.22. The minimum Gasteiger partial charge on any atom is -0.507 e. The van der Waals surface area contributed by atoms with Crippen LogP contribution >= 0.6 is 0 Å². The van der Waals surface area contributed by atoms with Gasteiger partial charge in [-0.15, -0.1) is 0 Å². The number of ether oxygens (including phenoxy) is 1. The molecule has 1 aliphatic heterocycles. The minimum absolute atomic E-state index is 0.169. The lowest BCUT2D eigenvalue weighted by molar-refractivity contribution is -0.137. The third kappa shape index (κ3) is 4.85. The highest BCUT2D eigenvalue weighted by Crippen LogP contribution is 2.38. The molecule has 4 atom stereocenters. The third-order valence-corrected chi connectivity index (χ3v) is 5.80. The molecule has 162 valence electrons. The molecule has 3 rings (SSSR count). The van der Waals surface area contributed by atoms with Crippen molar-refractivity contribution in [2.75, 3.05) is 0 Å². The lowest BCUT2D eigenvalue weighted by Crippen LogP contribution is -2.48. The van der Waals surface area contributed by atoms with Crippen LogP contribution in [0, 0.1) is 5.92 Å². The second kappa shape index (κ2) is 9.19. The van der Waals surface area contributed by atoms with E-state index >= 15 is 0 Å². The molecule has 0 saturated heterocycles. The van der Waals surface area contributed by atoms with Gasteiger partial charge in [0.1, 0.15) is 11.9 Å². The van der Waals surface area contributed by atoms with E-state index in [1.54, 1.807) is 0 Å². The number of aliphatic hydroxyl groups excluding tert-OH is 2. The van der Waals surface area contributed by atoms with Gasteiger partial charge in [0.25, 0.3) is 0 Å². The first-order chi connectivity index (χ1) is 14.2. The van der Waals surface area contributed by atoms with E-state index in [9.17, 15) is 20.1 Å². The molecule has 0 radical (unpaired) electrons. The van der Waals surface area contributed by atoms with E-state index in [1.807, 2.05) is 52.0 Å². The Morgan fingerprint density at radius 2 is 1.60 bits per heavy atom. The van der Waals surface area contributed by atoms with Crippen LogP contribution in [0.2, 0.25) is 0 Å². The summed E-state index contributed by atoms with van der Waals surface area (Å²) in [5.74, 6) is -0.598. The number of aliphatic hydroxyl groups is 2. The standard InChI is InChI=1S/C25H32O5/c1-14(2)5-7-16-9-18(10-17(24(16)28)8-6-15(3)4)20-13-30-22-12-19(26)11-21(27)23(22)25(20)29/h5-6,9-10,13,19,21-23,26-28H,7-8,11-12H2,1-4H3. The number of hydrogen-bond donors (Lipinski definition) is 3. The summed E-state index contributed by atoms with van der Waals surface area (Å²) in [5, 5.41) is 31.1. The number of aromatic hydroxyl groups is 1. The van der Waals surface area contributed by atoms with Gasteiger partial charge in [0.2, 0.25) is 0 Å². The average Bonchev–Trinajstić information content (AvgIpc) is 2.65. The number of ketones is 1. The van der Waals surface area contributed by atoms with Gasteiger partial charge < -0.3 is 20.1 Å². The fraction of sp³-hybridized carbons (Fsp3) is 0.480. The van der Waals surface area contributed by atoms with Crippen molar-refractivity contribution < 1.29 is 24.9 Å². The van der Waals surface area contributed by atoms with E-state index in [0.717, 1.165) is 22.3 Å². The number of benzene rings is 1. The molecule has 30 heavy (non-hydrogen) atoms. The third-order valence-electron chi connectivity index (χ3n) is 5.80. The predicted molar refractivity (Wildman–Crippen MR) is 117 cm³/mol. The van der Waals surface area contributed by atoms with Crippen LogP contribution in [0.3, 0.4) is 0 Å². The molecule has 1 fully saturated rings.